The molecule has 2 rings (SSSR count). The number of allylic oxidation sites excluding steroid dienone is 2. The van der Waals surface area contributed by atoms with Crippen LogP contribution in [-0.4, -0.2) is 4.57 Å². The number of rotatable bonds is 5. The van der Waals surface area contributed by atoms with Gasteiger partial charge in [-0.25, -0.2) is 4.99 Å². The van der Waals surface area contributed by atoms with E-state index in [1.54, 1.807) is 0 Å². The maximum Gasteiger partial charge on any atom is 0.139 e. The van der Waals surface area contributed by atoms with E-state index in [9.17, 15) is 0 Å². The highest BCUT2D eigenvalue weighted by Gasteiger charge is 2.18. The lowest BCUT2D eigenvalue weighted by molar-refractivity contribution is 0.367. The summed E-state index contributed by atoms with van der Waals surface area (Å²) in [4.78, 5) is 4.82. The smallest absolute Gasteiger partial charge is 0.139 e. The van der Waals surface area contributed by atoms with Crippen LogP contribution < -0.4 is 16.1 Å². The van der Waals surface area contributed by atoms with Gasteiger partial charge in [0.1, 0.15) is 5.49 Å². The maximum atomic E-state index is 4.82. The normalized spacial score (nSPS) is 16.5. The second-order valence-electron chi connectivity index (χ2n) is 6.81. The molecule has 0 atom stereocenters. The SMILES string of the molecule is C=C(C)c1c(C)c(=C)c(=N/C=C(\C)C2CCC2)n(CCC)c1=C. The van der Waals surface area contributed by atoms with E-state index in [-0.39, 0.29) is 0 Å². The maximum absolute atomic E-state index is 4.82. The van der Waals surface area contributed by atoms with Crippen LogP contribution in [0.25, 0.3) is 18.7 Å². The van der Waals surface area contributed by atoms with E-state index >= 15 is 0 Å². The van der Waals surface area contributed by atoms with E-state index < -0.39 is 0 Å². The zero-order chi connectivity index (χ0) is 17.1. The van der Waals surface area contributed by atoms with E-state index in [1.165, 1.54) is 24.8 Å². The fourth-order valence-corrected chi connectivity index (χ4v) is 3.27. The van der Waals surface area contributed by atoms with E-state index in [4.69, 9.17) is 4.99 Å². The molecule has 1 fully saturated rings. The van der Waals surface area contributed by atoms with Crippen molar-refractivity contribution in [1.82, 2.24) is 4.57 Å². The Kier molecular flexibility index (Phi) is 5.46. The first-order valence-electron chi connectivity index (χ1n) is 8.66. The summed E-state index contributed by atoms with van der Waals surface area (Å²) in [5.41, 5.74) is 5.63. The molecular formula is C21H30N2. The number of aromatic nitrogens is 1. The molecule has 1 aliphatic carbocycles. The number of hydrogen-bond acceptors (Lipinski definition) is 1. The molecule has 1 saturated carbocycles. The third-order valence-electron chi connectivity index (χ3n) is 4.98. The molecule has 23 heavy (non-hydrogen) atoms. The van der Waals surface area contributed by atoms with Crippen LogP contribution in [-0.2, 0) is 6.54 Å². The van der Waals surface area contributed by atoms with Gasteiger partial charge in [0.2, 0.25) is 0 Å². The largest absolute Gasteiger partial charge is 0.326 e. The molecule has 0 spiro atoms. The quantitative estimate of drug-likeness (QED) is 0.790. The van der Waals surface area contributed by atoms with Crippen LogP contribution in [0.3, 0.4) is 0 Å². The molecule has 0 aromatic carbocycles. The molecule has 1 aliphatic rings. The molecule has 0 unspecified atom stereocenters. The molecule has 1 heterocycles. The van der Waals surface area contributed by atoms with E-state index in [0.29, 0.717) is 0 Å². The summed E-state index contributed by atoms with van der Waals surface area (Å²) < 4.78 is 2.20. The Morgan fingerprint density at radius 2 is 1.96 bits per heavy atom. The van der Waals surface area contributed by atoms with Crippen molar-refractivity contribution in [3.8, 4) is 0 Å². The first kappa shape index (κ1) is 17.5. The molecular weight excluding hydrogens is 280 g/mol. The summed E-state index contributed by atoms with van der Waals surface area (Å²) in [6.45, 7) is 22.1. The van der Waals surface area contributed by atoms with Crippen LogP contribution in [0.1, 0.15) is 57.6 Å². The van der Waals surface area contributed by atoms with Gasteiger partial charge in [0.05, 0.1) is 0 Å². The van der Waals surface area contributed by atoms with Crippen LogP contribution in [0.15, 0.2) is 23.3 Å². The second kappa shape index (κ2) is 7.16. The molecule has 0 aliphatic heterocycles. The highest BCUT2D eigenvalue weighted by Crippen LogP contribution is 2.32. The Hall–Kier alpha value is -1.83. The van der Waals surface area contributed by atoms with Crippen LogP contribution >= 0.6 is 0 Å². The number of hydrogen-bond donors (Lipinski definition) is 0. The van der Waals surface area contributed by atoms with Crippen LogP contribution in [0, 0.1) is 12.8 Å². The average molecular weight is 310 g/mol. The van der Waals surface area contributed by atoms with E-state index in [2.05, 4.69) is 45.1 Å². The van der Waals surface area contributed by atoms with Crippen molar-refractivity contribution < 1.29 is 0 Å². The topological polar surface area (TPSA) is 17.3 Å². The zero-order valence-electron chi connectivity index (χ0n) is 15.2. The Morgan fingerprint density at radius 3 is 2.43 bits per heavy atom. The molecule has 2 heteroatoms. The van der Waals surface area contributed by atoms with Gasteiger partial charge >= 0.3 is 0 Å². The van der Waals surface area contributed by atoms with Gasteiger partial charge in [-0.1, -0.05) is 38.7 Å². The Balaban J connectivity index is 2.69. The monoisotopic (exact) mass is 310 g/mol. The molecule has 0 bridgehead atoms. The Bertz CT molecular complexity index is 802. The molecule has 1 aromatic rings. The van der Waals surface area contributed by atoms with Crippen molar-refractivity contribution >= 4 is 18.7 Å². The standard InChI is InChI=1S/C21H30N2/c1-8-12-23-18(7)20(14(2)3)16(5)17(6)21(23)22-13-15(4)19-10-9-11-19/h13,19H,2,6-12H2,1,3-5H3/b15-13+,22-21?. The Labute approximate surface area is 140 Å². The van der Waals surface area contributed by atoms with Gasteiger partial charge in [0.25, 0.3) is 0 Å². The molecule has 1 aromatic heterocycles. The number of pyridine rings is 1. The molecule has 124 valence electrons. The van der Waals surface area contributed by atoms with Gasteiger partial charge in [0.15, 0.2) is 0 Å². The molecule has 2 nitrogen and oxygen atoms in total. The van der Waals surface area contributed by atoms with Crippen LogP contribution in [0.2, 0.25) is 0 Å². The molecule has 0 N–H and O–H groups in total. The predicted molar refractivity (Wildman–Crippen MR) is 101 cm³/mol. The van der Waals surface area contributed by atoms with Gasteiger partial charge in [-0.2, -0.15) is 0 Å². The summed E-state index contributed by atoms with van der Waals surface area (Å²) in [6, 6.07) is 0. The van der Waals surface area contributed by atoms with Crippen molar-refractivity contribution in [1.29, 1.82) is 0 Å². The fourth-order valence-electron chi connectivity index (χ4n) is 3.27. The molecule has 0 saturated heterocycles. The third-order valence-corrected chi connectivity index (χ3v) is 4.98. The lowest BCUT2D eigenvalue weighted by atomic mass is 9.81. The van der Waals surface area contributed by atoms with E-state index in [1.807, 2.05) is 13.1 Å². The van der Waals surface area contributed by atoms with E-state index in [0.717, 1.165) is 51.6 Å². The lowest BCUT2D eigenvalue weighted by Gasteiger charge is -2.25. The van der Waals surface area contributed by atoms with Gasteiger partial charge < -0.3 is 4.57 Å². The van der Waals surface area contributed by atoms with Crippen LogP contribution in [0.4, 0.5) is 0 Å². The fraction of sp³-hybridized carbons (Fsp3) is 0.476. The molecule has 0 radical (unpaired) electrons. The summed E-state index contributed by atoms with van der Waals surface area (Å²) in [5.74, 6) is 0.724. The second-order valence-corrected chi connectivity index (χ2v) is 6.81. The summed E-state index contributed by atoms with van der Waals surface area (Å²) in [5, 5.41) is 1.99. The van der Waals surface area contributed by atoms with Crippen molar-refractivity contribution in [3.05, 3.63) is 45.5 Å². The lowest BCUT2D eigenvalue weighted by Crippen LogP contribution is -2.46. The highest BCUT2D eigenvalue weighted by atomic mass is 15.0. The van der Waals surface area contributed by atoms with Gasteiger partial charge in [-0.15, -0.1) is 0 Å². The van der Waals surface area contributed by atoms with Gasteiger partial charge in [-0.3, -0.25) is 0 Å². The zero-order valence-corrected chi connectivity index (χ0v) is 15.2. The van der Waals surface area contributed by atoms with Crippen molar-refractivity contribution in [2.24, 2.45) is 10.9 Å². The number of nitrogens with zero attached hydrogens (tertiary/aromatic N) is 2. The van der Waals surface area contributed by atoms with Gasteiger partial charge in [-0.05, 0) is 57.1 Å². The Morgan fingerprint density at radius 1 is 1.30 bits per heavy atom. The summed E-state index contributed by atoms with van der Waals surface area (Å²) in [6.07, 6.45) is 7.04. The highest BCUT2D eigenvalue weighted by molar-refractivity contribution is 5.64. The summed E-state index contributed by atoms with van der Waals surface area (Å²) in [7, 11) is 0. The van der Waals surface area contributed by atoms with Crippen LogP contribution in [0.5, 0.6) is 0 Å². The molecule has 0 amide bonds. The first-order valence-corrected chi connectivity index (χ1v) is 8.66. The van der Waals surface area contributed by atoms with Crippen molar-refractivity contribution in [2.45, 2.75) is 59.9 Å². The minimum absolute atomic E-state index is 0.724. The summed E-state index contributed by atoms with van der Waals surface area (Å²) >= 11 is 0. The predicted octanol–water partition coefficient (Wildman–Crippen LogP) is 3.66. The average Bonchev–Trinajstić information content (AvgIpc) is 2.42. The minimum Gasteiger partial charge on any atom is -0.326 e. The minimum atomic E-state index is 0.724. The third kappa shape index (κ3) is 3.41. The van der Waals surface area contributed by atoms with Crippen molar-refractivity contribution in [2.75, 3.05) is 0 Å². The van der Waals surface area contributed by atoms with Gasteiger partial charge in [0, 0.05) is 28.9 Å². The first-order chi connectivity index (χ1) is 10.9. The van der Waals surface area contributed by atoms with Crippen molar-refractivity contribution in [3.63, 3.8) is 0 Å².